The van der Waals surface area contributed by atoms with Crippen LogP contribution in [-0.4, -0.2) is 4.98 Å². The summed E-state index contributed by atoms with van der Waals surface area (Å²) in [6, 6.07) is 7.06. The second-order valence-corrected chi connectivity index (χ2v) is 4.52. The van der Waals surface area contributed by atoms with E-state index in [0.29, 0.717) is 5.02 Å². The number of halogens is 4. The lowest BCUT2D eigenvalue weighted by atomic mass is 10.2. The Labute approximate surface area is 123 Å². The van der Waals surface area contributed by atoms with Crippen LogP contribution < -0.4 is 11.1 Å². The van der Waals surface area contributed by atoms with Crippen molar-refractivity contribution in [2.24, 2.45) is 0 Å². The van der Waals surface area contributed by atoms with Crippen molar-refractivity contribution in [1.29, 1.82) is 5.26 Å². The van der Waals surface area contributed by atoms with E-state index in [1.54, 1.807) is 0 Å². The predicted octanol–water partition coefficient (Wildman–Crippen LogP) is 3.95. The predicted molar refractivity (Wildman–Crippen MR) is 73.1 cm³/mol. The lowest BCUT2D eigenvalue weighted by molar-refractivity contribution is -0.141. The van der Waals surface area contributed by atoms with Crippen LogP contribution >= 0.6 is 11.6 Å². The number of nitrogens with zero attached hydrogens (tertiary/aromatic N) is 2. The summed E-state index contributed by atoms with van der Waals surface area (Å²) in [4.78, 5) is 3.23. The van der Waals surface area contributed by atoms with Crippen molar-refractivity contribution >= 4 is 28.7 Å². The highest BCUT2D eigenvalue weighted by molar-refractivity contribution is 6.30. The number of aromatic nitrogens is 1. The van der Waals surface area contributed by atoms with E-state index in [1.165, 1.54) is 18.2 Å². The Morgan fingerprint density at radius 2 is 1.95 bits per heavy atom. The summed E-state index contributed by atoms with van der Waals surface area (Å²) in [5.41, 5.74) is 5.02. The third-order valence-electron chi connectivity index (χ3n) is 2.60. The molecule has 0 atom stereocenters. The molecule has 0 saturated heterocycles. The van der Waals surface area contributed by atoms with Gasteiger partial charge in [0.05, 0.1) is 28.8 Å². The number of anilines is 3. The number of rotatable bonds is 2. The number of alkyl halides is 3. The molecule has 0 aliphatic rings. The average molecular weight is 313 g/mol. The van der Waals surface area contributed by atoms with E-state index < -0.39 is 11.9 Å². The van der Waals surface area contributed by atoms with Gasteiger partial charge >= 0.3 is 6.18 Å². The van der Waals surface area contributed by atoms with Gasteiger partial charge in [-0.3, -0.25) is 0 Å². The van der Waals surface area contributed by atoms with Crippen molar-refractivity contribution in [1.82, 2.24) is 4.98 Å². The fourth-order valence-corrected chi connectivity index (χ4v) is 1.76. The zero-order chi connectivity index (χ0) is 15.6. The molecule has 108 valence electrons. The summed E-state index contributed by atoms with van der Waals surface area (Å²) in [7, 11) is 0. The molecule has 8 heteroatoms. The van der Waals surface area contributed by atoms with Crippen molar-refractivity contribution in [3.8, 4) is 6.07 Å². The minimum atomic E-state index is -4.59. The second kappa shape index (κ2) is 5.50. The Balaban J connectivity index is 2.45. The van der Waals surface area contributed by atoms with Gasteiger partial charge in [-0.05, 0) is 24.3 Å². The Bertz CT molecular complexity index is 722. The average Bonchev–Trinajstić information content (AvgIpc) is 2.40. The summed E-state index contributed by atoms with van der Waals surface area (Å²) in [5, 5.41) is 12.0. The second-order valence-electron chi connectivity index (χ2n) is 4.08. The van der Waals surface area contributed by atoms with Crippen molar-refractivity contribution in [3.05, 3.63) is 46.7 Å². The van der Waals surface area contributed by atoms with Crippen LogP contribution in [0.3, 0.4) is 0 Å². The van der Waals surface area contributed by atoms with E-state index in [0.717, 1.165) is 12.3 Å². The van der Waals surface area contributed by atoms with E-state index >= 15 is 0 Å². The quantitative estimate of drug-likeness (QED) is 0.880. The lowest BCUT2D eigenvalue weighted by Crippen LogP contribution is -2.09. The van der Waals surface area contributed by atoms with Crippen LogP contribution in [0, 0.1) is 11.3 Å². The number of nitriles is 1. The van der Waals surface area contributed by atoms with Crippen molar-refractivity contribution in [3.63, 3.8) is 0 Å². The van der Waals surface area contributed by atoms with Crippen molar-refractivity contribution in [2.75, 3.05) is 11.1 Å². The number of hydrogen-bond acceptors (Lipinski definition) is 4. The summed E-state index contributed by atoms with van der Waals surface area (Å²) < 4.78 is 37.9. The number of nitrogens with two attached hydrogens (primary N) is 1. The van der Waals surface area contributed by atoms with Crippen LogP contribution in [0.1, 0.15) is 11.3 Å². The minimum Gasteiger partial charge on any atom is -0.396 e. The number of pyridine rings is 1. The van der Waals surface area contributed by atoms with Crippen LogP contribution in [-0.2, 0) is 6.18 Å². The number of hydrogen-bond donors (Lipinski definition) is 2. The Morgan fingerprint density at radius 3 is 2.57 bits per heavy atom. The number of nitrogens with one attached hydrogen (secondary N) is 1. The molecular weight excluding hydrogens is 305 g/mol. The van der Waals surface area contributed by atoms with Gasteiger partial charge in [0, 0.05) is 5.02 Å². The van der Waals surface area contributed by atoms with Gasteiger partial charge in [-0.1, -0.05) is 11.6 Å². The molecule has 21 heavy (non-hydrogen) atoms. The zero-order valence-corrected chi connectivity index (χ0v) is 11.1. The van der Waals surface area contributed by atoms with E-state index in [4.69, 9.17) is 22.6 Å². The molecule has 0 aliphatic heterocycles. The van der Waals surface area contributed by atoms with E-state index in [-0.39, 0.29) is 22.6 Å². The van der Waals surface area contributed by atoms with Crippen LogP contribution in [0.4, 0.5) is 30.2 Å². The van der Waals surface area contributed by atoms with Crippen molar-refractivity contribution in [2.45, 2.75) is 6.18 Å². The largest absolute Gasteiger partial charge is 0.433 e. The maximum atomic E-state index is 12.6. The molecule has 0 saturated carbocycles. The smallest absolute Gasteiger partial charge is 0.396 e. The third-order valence-corrected chi connectivity index (χ3v) is 2.83. The third kappa shape index (κ3) is 3.35. The van der Waals surface area contributed by atoms with Gasteiger partial charge in [-0.15, -0.1) is 0 Å². The number of benzene rings is 1. The SMILES string of the molecule is N#Cc1ccc(Cl)cc1Nc1cc(C(F)(F)F)ncc1N. The standard InChI is InChI=1S/C13H8ClF3N4/c14-8-2-1-7(5-18)10(3-8)21-11-4-12(13(15,16)17)20-6-9(11)19/h1-4,6H,19H2,(H,20,21). The van der Waals surface area contributed by atoms with Gasteiger partial charge in [0.1, 0.15) is 11.8 Å². The molecule has 2 aromatic rings. The Kier molecular flexibility index (Phi) is 3.91. The molecule has 1 aromatic carbocycles. The Hall–Kier alpha value is -2.46. The molecule has 0 amide bonds. The molecule has 0 fully saturated rings. The highest BCUT2D eigenvalue weighted by atomic mass is 35.5. The van der Waals surface area contributed by atoms with Gasteiger partial charge < -0.3 is 11.1 Å². The topological polar surface area (TPSA) is 74.7 Å². The van der Waals surface area contributed by atoms with Gasteiger partial charge in [0.15, 0.2) is 0 Å². The monoisotopic (exact) mass is 312 g/mol. The molecule has 2 rings (SSSR count). The van der Waals surface area contributed by atoms with Gasteiger partial charge in [0.25, 0.3) is 0 Å². The molecule has 4 nitrogen and oxygen atoms in total. The highest BCUT2D eigenvalue weighted by Crippen LogP contribution is 2.33. The summed E-state index contributed by atoms with van der Waals surface area (Å²) in [6.07, 6.45) is -3.68. The van der Waals surface area contributed by atoms with Gasteiger partial charge in [0.2, 0.25) is 0 Å². The maximum absolute atomic E-state index is 12.6. The van der Waals surface area contributed by atoms with Crippen LogP contribution in [0.15, 0.2) is 30.5 Å². The zero-order valence-electron chi connectivity index (χ0n) is 10.4. The first-order valence-electron chi connectivity index (χ1n) is 5.60. The molecule has 0 aliphatic carbocycles. The molecular formula is C13H8ClF3N4. The maximum Gasteiger partial charge on any atom is 0.433 e. The summed E-state index contributed by atoms with van der Waals surface area (Å²) >= 11 is 5.81. The first kappa shape index (κ1) is 14.9. The van der Waals surface area contributed by atoms with Crippen LogP contribution in [0.5, 0.6) is 0 Å². The molecule has 1 heterocycles. The molecule has 0 radical (unpaired) electrons. The molecule has 0 unspecified atom stereocenters. The first-order chi connectivity index (χ1) is 9.81. The fraction of sp³-hybridized carbons (Fsp3) is 0.0769. The van der Waals surface area contributed by atoms with E-state index in [2.05, 4.69) is 10.3 Å². The summed E-state index contributed by atoms with van der Waals surface area (Å²) in [5.74, 6) is 0. The van der Waals surface area contributed by atoms with Crippen LogP contribution in [0.2, 0.25) is 5.02 Å². The highest BCUT2D eigenvalue weighted by Gasteiger charge is 2.33. The molecule has 1 aromatic heterocycles. The van der Waals surface area contributed by atoms with E-state index in [1.807, 2.05) is 6.07 Å². The molecule has 0 bridgehead atoms. The summed E-state index contributed by atoms with van der Waals surface area (Å²) in [6.45, 7) is 0. The molecule has 3 N–H and O–H groups in total. The fourth-order valence-electron chi connectivity index (χ4n) is 1.59. The van der Waals surface area contributed by atoms with Crippen LogP contribution in [0.25, 0.3) is 0 Å². The van der Waals surface area contributed by atoms with Gasteiger partial charge in [-0.25, -0.2) is 4.98 Å². The normalized spacial score (nSPS) is 11.0. The Morgan fingerprint density at radius 1 is 1.24 bits per heavy atom. The van der Waals surface area contributed by atoms with Crippen molar-refractivity contribution < 1.29 is 13.2 Å². The molecule has 0 spiro atoms. The minimum absolute atomic E-state index is 0.00362. The van der Waals surface area contributed by atoms with Gasteiger partial charge in [-0.2, -0.15) is 18.4 Å². The lowest BCUT2D eigenvalue weighted by Gasteiger charge is -2.13. The number of nitrogen functional groups attached to an aromatic ring is 1. The first-order valence-corrected chi connectivity index (χ1v) is 5.98. The van der Waals surface area contributed by atoms with E-state index in [9.17, 15) is 13.2 Å².